The summed E-state index contributed by atoms with van der Waals surface area (Å²) in [6, 6.07) is 7.85. The number of carbonyl (C=O) groups is 2. The quantitative estimate of drug-likeness (QED) is 0.831. The first kappa shape index (κ1) is 15.2. The van der Waals surface area contributed by atoms with E-state index in [9.17, 15) is 9.59 Å². The Morgan fingerprint density at radius 3 is 2.43 bits per heavy atom. The van der Waals surface area contributed by atoms with Crippen LogP contribution in [0.3, 0.4) is 0 Å². The van der Waals surface area contributed by atoms with Crippen LogP contribution in [0.5, 0.6) is 0 Å². The second-order valence-corrected chi connectivity index (χ2v) is 5.76. The van der Waals surface area contributed by atoms with Crippen LogP contribution in [0.2, 0.25) is 0 Å². The van der Waals surface area contributed by atoms with Gasteiger partial charge in [-0.1, -0.05) is 24.3 Å². The number of aliphatic carboxylic acids is 1. The second-order valence-electron chi connectivity index (χ2n) is 5.76. The van der Waals surface area contributed by atoms with Crippen LogP contribution in [0, 0.1) is 11.8 Å². The van der Waals surface area contributed by atoms with Crippen molar-refractivity contribution in [1.82, 2.24) is 20.1 Å². The number of carbonyl (C=O) groups excluding carboxylic acids is 1. The number of aromatic nitrogens is 3. The molecule has 0 radical (unpaired) electrons. The van der Waals surface area contributed by atoms with Gasteiger partial charge in [-0.2, -0.15) is 5.10 Å². The Kier molecular flexibility index (Phi) is 4.36. The van der Waals surface area contributed by atoms with Crippen molar-refractivity contribution < 1.29 is 14.7 Å². The standard InChI is InChI=1S/C16H18N4O3/c21-15(13-5-6-14(13)16(22)23)18-7-11-1-3-12(4-2-11)8-20-10-17-9-19-20/h1-4,9-10,13-14H,5-8H2,(H,18,21)(H,22,23). The van der Waals surface area contributed by atoms with Crippen LogP contribution in [-0.4, -0.2) is 31.7 Å². The highest BCUT2D eigenvalue weighted by molar-refractivity contribution is 5.86. The van der Waals surface area contributed by atoms with Crippen LogP contribution in [0.4, 0.5) is 0 Å². The molecular formula is C16H18N4O3. The Labute approximate surface area is 133 Å². The number of benzene rings is 1. The normalized spacial score (nSPS) is 19.8. The van der Waals surface area contributed by atoms with E-state index in [1.54, 1.807) is 11.0 Å². The van der Waals surface area contributed by atoms with Gasteiger partial charge in [0.15, 0.2) is 0 Å². The predicted molar refractivity (Wildman–Crippen MR) is 81.3 cm³/mol. The lowest BCUT2D eigenvalue weighted by atomic mass is 9.73. The molecular weight excluding hydrogens is 296 g/mol. The minimum atomic E-state index is -0.881. The van der Waals surface area contributed by atoms with E-state index in [0.29, 0.717) is 25.9 Å². The molecule has 1 heterocycles. The molecule has 0 spiro atoms. The highest BCUT2D eigenvalue weighted by Gasteiger charge is 2.41. The lowest BCUT2D eigenvalue weighted by Gasteiger charge is -2.31. The summed E-state index contributed by atoms with van der Waals surface area (Å²) in [5.41, 5.74) is 2.07. The molecule has 7 heteroatoms. The van der Waals surface area contributed by atoms with E-state index in [-0.39, 0.29) is 11.8 Å². The Bertz CT molecular complexity index is 682. The first-order valence-electron chi connectivity index (χ1n) is 7.54. The molecule has 120 valence electrons. The molecule has 1 aliphatic rings. The van der Waals surface area contributed by atoms with Crippen LogP contribution in [-0.2, 0) is 22.7 Å². The lowest BCUT2D eigenvalue weighted by molar-refractivity contribution is -0.152. The number of carboxylic acids is 1. The number of rotatable bonds is 6. The van der Waals surface area contributed by atoms with E-state index in [0.717, 1.165) is 11.1 Å². The van der Waals surface area contributed by atoms with Gasteiger partial charge in [-0.25, -0.2) is 9.67 Å². The molecule has 7 nitrogen and oxygen atoms in total. The molecule has 3 rings (SSSR count). The van der Waals surface area contributed by atoms with E-state index in [2.05, 4.69) is 15.4 Å². The predicted octanol–water partition coefficient (Wildman–Crippen LogP) is 1.05. The van der Waals surface area contributed by atoms with Crippen LogP contribution in [0.1, 0.15) is 24.0 Å². The van der Waals surface area contributed by atoms with Crippen molar-refractivity contribution in [2.45, 2.75) is 25.9 Å². The molecule has 2 N–H and O–H groups in total. The fourth-order valence-electron chi connectivity index (χ4n) is 2.69. The summed E-state index contributed by atoms with van der Waals surface area (Å²) in [4.78, 5) is 26.8. The van der Waals surface area contributed by atoms with Gasteiger partial charge in [0.25, 0.3) is 0 Å². The molecule has 2 aromatic rings. The third kappa shape index (κ3) is 3.56. The average molecular weight is 314 g/mol. The fraction of sp³-hybridized carbons (Fsp3) is 0.375. The molecule has 1 aromatic carbocycles. The first-order valence-corrected chi connectivity index (χ1v) is 7.54. The van der Waals surface area contributed by atoms with E-state index in [1.807, 2.05) is 24.3 Å². The van der Waals surface area contributed by atoms with Gasteiger partial charge in [0.1, 0.15) is 12.7 Å². The average Bonchev–Trinajstić information content (AvgIpc) is 2.98. The summed E-state index contributed by atoms with van der Waals surface area (Å²) in [5.74, 6) is -1.97. The molecule has 23 heavy (non-hydrogen) atoms. The van der Waals surface area contributed by atoms with Crippen molar-refractivity contribution >= 4 is 11.9 Å². The van der Waals surface area contributed by atoms with E-state index >= 15 is 0 Å². The van der Waals surface area contributed by atoms with Crippen molar-refractivity contribution in [3.8, 4) is 0 Å². The third-order valence-corrected chi connectivity index (χ3v) is 4.23. The van der Waals surface area contributed by atoms with Crippen molar-refractivity contribution in [3.63, 3.8) is 0 Å². The van der Waals surface area contributed by atoms with Crippen LogP contribution in [0.15, 0.2) is 36.9 Å². The minimum absolute atomic E-state index is 0.171. The van der Waals surface area contributed by atoms with Gasteiger partial charge in [0.05, 0.1) is 18.4 Å². The van der Waals surface area contributed by atoms with Crippen molar-refractivity contribution in [3.05, 3.63) is 48.0 Å². The topological polar surface area (TPSA) is 97.1 Å². The van der Waals surface area contributed by atoms with Gasteiger partial charge in [-0.15, -0.1) is 0 Å². The third-order valence-electron chi connectivity index (χ3n) is 4.23. The summed E-state index contributed by atoms with van der Waals surface area (Å²) in [7, 11) is 0. The van der Waals surface area contributed by atoms with Gasteiger partial charge in [0, 0.05) is 6.54 Å². The first-order chi connectivity index (χ1) is 11.1. The number of amides is 1. The van der Waals surface area contributed by atoms with Crippen LogP contribution >= 0.6 is 0 Å². The van der Waals surface area contributed by atoms with Gasteiger partial charge < -0.3 is 10.4 Å². The van der Waals surface area contributed by atoms with E-state index < -0.39 is 11.9 Å². The maximum Gasteiger partial charge on any atom is 0.307 e. The molecule has 2 atom stereocenters. The van der Waals surface area contributed by atoms with Gasteiger partial charge in [-0.05, 0) is 24.0 Å². The zero-order valence-electron chi connectivity index (χ0n) is 12.6. The maximum atomic E-state index is 12.0. The number of carboxylic acid groups (broad SMARTS) is 1. The Balaban J connectivity index is 1.50. The molecule has 0 bridgehead atoms. The highest BCUT2D eigenvalue weighted by Crippen LogP contribution is 2.34. The zero-order valence-corrected chi connectivity index (χ0v) is 12.6. The smallest absolute Gasteiger partial charge is 0.307 e. The second kappa shape index (κ2) is 6.60. The van der Waals surface area contributed by atoms with Gasteiger partial charge in [-0.3, -0.25) is 9.59 Å². The summed E-state index contributed by atoms with van der Waals surface area (Å²) >= 11 is 0. The van der Waals surface area contributed by atoms with Crippen LogP contribution < -0.4 is 5.32 Å². The summed E-state index contributed by atoms with van der Waals surface area (Å²) in [6.45, 7) is 1.06. The SMILES string of the molecule is O=C(O)C1CCC1C(=O)NCc1ccc(Cn2cncn2)cc1. The summed E-state index contributed by atoms with van der Waals surface area (Å²) < 4.78 is 1.74. The monoisotopic (exact) mass is 314 g/mol. The van der Waals surface area contributed by atoms with Crippen molar-refractivity contribution in [2.75, 3.05) is 0 Å². The van der Waals surface area contributed by atoms with E-state index in [1.165, 1.54) is 6.33 Å². The highest BCUT2D eigenvalue weighted by atomic mass is 16.4. The van der Waals surface area contributed by atoms with Crippen molar-refractivity contribution in [2.24, 2.45) is 11.8 Å². The van der Waals surface area contributed by atoms with E-state index in [4.69, 9.17) is 5.11 Å². The molecule has 1 aromatic heterocycles. The van der Waals surface area contributed by atoms with Gasteiger partial charge >= 0.3 is 5.97 Å². The molecule has 1 fully saturated rings. The molecule has 0 aliphatic heterocycles. The molecule has 1 aliphatic carbocycles. The number of nitrogens with zero attached hydrogens (tertiary/aromatic N) is 3. The zero-order chi connectivity index (χ0) is 16.2. The molecule has 1 amide bonds. The van der Waals surface area contributed by atoms with Gasteiger partial charge in [0.2, 0.25) is 5.91 Å². The molecule has 0 saturated heterocycles. The largest absolute Gasteiger partial charge is 0.481 e. The molecule has 1 saturated carbocycles. The Morgan fingerprint density at radius 1 is 1.17 bits per heavy atom. The summed E-state index contributed by atoms with van der Waals surface area (Å²) in [6.07, 6.45) is 4.39. The lowest BCUT2D eigenvalue weighted by Crippen LogP contribution is -2.43. The Morgan fingerprint density at radius 2 is 1.87 bits per heavy atom. The Hall–Kier alpha value is -2.70. The minimum Gasteiger partial charge on any atom is -0.481 e. The number of hydrogen-bond donors (Lipinski definition) is 2. The molecule has 2 unspecified atom stereocenters. The number of hydrogen-bond acceptors (Lipinski definition) is 4. The van der Waals surface area contributed by atoms with Crippen molar-refractivity contribution in [1.29, 1.82) is 0 Å². The number of nitrogens with one attached hydrogen (secondary N) is 1. The maximum absolute atomic E-state index is 12.0. The fourth-order valence-corrected chi connectivity index (χ4v) is 2.69. The summed E-state index contributed by atoms with van der Waals surface area (Å²) in [5, 5.41) is 15.9. The van der Waals surface area contributed by atoms with Crippen LogP contribution in [0.25, 0.3) is 0 Å².